The van der Waals surface area contributed by atoms with E-state index in [0.29, 0.717) is 5.92 Å². The first-order valence-electron chi connectivity index (χ1n) is 10.0. The Hall–Kier alpha value is -1.38. The lowest BCUT2D eigenvalue weighted by atomic mass is 9.82. The van der Waals surface area contributed by atoms with Crippen LogP contribution < -0.4 is 0 Å². The van der Waals surface area contributed by atoms with Crippen molar-refractivity contribution in [2.45, 2.75) is 77.2 Å². The molecule has 0 N–H and O–H groups in total. The Morgan fingerprint density at radius 3 is 2.48 bits per heavy atom. The number of carbonyl (C=O) groups is 1. The summed E-state index contributed by atoms with van der Waals surface area (Å²) in [6.07, 6.45) is 10.7. The number of esters is 1. The molecule has 2 saturated carbocycles. The molecular formula is C22H31FO2. The molecule has 0 saturated heterocycles. The Labute approximate surface area is 151 Å². The van der Waals surface area contributed by atoms with Crippen LogP contribution in [0.15, 0.2) is 24.3 Å². The zero-order valence-electron chi connectivity index (χ0n) is 15.4. The van der Waals surface area contributed by atoms with Crippen LogP contribution in [0.25, 0.3) is 0 Å². The fourth-order valence-electron chi connectivity index (χ4n) is 4.36. The van der Waals surface area contributed by atoms with Gasteiger partial charge in [-0.2, -0.15) is 0 Å². The van der Waals surface area contributed by atoms with E-state index < -0.39 is 0 Å². The minimum Gasteiger partial charge on any atom is -0.462 e. The lowest BCUT2D eigenvalue weighted by Gasteiger charge is -2.31. The molecule has 2 fully saturated rings. The van der Waals surface area contributed by atoms with E-state index in [1.54, 1.807) is 12.1 Å². The minimum absolute atomic E-state index is 0.0510. The molecule has 2 aliphatic carbocycles. The molecule has 138 valence electrons. The predicted molar refractivity (Wildman–Crippen MR) is 97.7 cm³/mol. The van der Waals surface area contributed by atoms with Crippen molar-refractivity contribution in [3.8, 4) is 0 Å². The van der Waals surface area contributed by atoms with Crippen molar-refractivity contribution < 1.29 is 13.9 Å². The third kappa shape index (κ3) is 5.55. The molecule has 1 aromatic carbocycles. The number of ether oxygens (including phenoxy) is 1. The summed E-state index contributed by atoms with van der Waals surface area (Å²) in [4.78, 5) is 12.3. The highest BCUT2D eigenvalue weighted by molar-refractivity contribution is 5.72. The van der Waals surface area contributed by atoms with Crippen molar-refractivity contribution in [1.82, 2.24) is 0 Å². The normalized spacial score (nSPS) is 30.0. The summed E-state index contributed by atoms with van der Waals surface area (Å²) in [5.41, 5.74) is 1.08. The number of hydrogen-bond donors (Lipinski definition) is 0. The van der Waals surface area contributed by atoms with Gasteiger partial charge in [-0.3, -0.25) is 4.79 Å². The van der Waals surface area contributed by atoms with Gasteiger partial charge in [0, 0.05) is 0 Å². The Morgan fingerprint density at radius 2 is 1.80 bits per heavy atom. The molecule has 0 aliphatic heterocycles. The van der Waals surface area contributed by atoms with Crippen LogP contribution >= 0.6 is 0 Å². The quantitative estimate of drug-likeness (QED) is 0.641. The summed E-state index contributed by atoms with van der Waals surface area (Å²) in [5, 5.41) is 0. The van der Waals surface area contributed by atoms with Gasteiger partial charge in [0.15, 0.2) is 0 Å². The van der Waals surface area contributed by atoms with Gasteiger partial charge in [-0.25, -0.2) is 4.39 Å². The van der Waals surface area contributed by atoms with Crippen molar-refractivity contribution in [2.24, 2.45) is 17.8 Å². The summed E-state index contributed by atoms with van der Waals surface area (Å²) >= 11 is 0. The Morgan fingerprint density at radius 1 is 1.08 bits per heavy atom. The lowest BCUT2D eigenvalue weighted by Crippen LogP contribution is -2.30. The van der Waals surface area contributed by atoms with Crippen LogP contribution in [0, 0.1) is 23.6 Å². The lowest BCUT2D eigenvalue weighted by molar-refractivity contribution is -0.157. The van der Waals surface area contributed by atoms with E-state index in [4.69, 9.17) is 4.74 Å². The van der Waals surface area contributed by atoms with E-state index in [1.807, 2.05) is 6.07 Å². The molecule has 3 heteroatoms. The van der Waals surface area contributed by atoms with Gasteiger partial charge in [0.1, 0.15) is 11.9 Å². The Kier molecular flexibility index (Phi) is 6.50. The number of aryl methyl sites for hydroxylation is 1. The van der Waals surface area contributed by atoms with Crippen LogP contribution in [-0.4, -0.2) is 12.1 Å². The summed E-state index contributed by atoms with van der Waals surface area (Å²) in [7, 11) is 0. The second kappa shape index (κ2) is 8.82. The second-order valence-electron chi connectivity index (χ2n) is 8.21. The van der Waals surface area contributed by atoms with Crippen LogP contribution in [0.4, 0.5) is 4.39 Å². The highest BCUT2D eigenvalue weighted by Crippen LogP contribution is 2.33. The van der Waals surface area contributed by atoms with Crippen LogP contribution in [0.3, 0.4) is 0 Å². The van der Waals surface area contributed by atoms with Crippen LogP contribution in [0.1, 0.15) is 70.3 Å². The van der Waals surface area contributed by atoms with E-state index in [0.717, 1.165) is 75.7 Å². The van der Waals surface area contributed by atoms with Crippen LogP contribution in [0.2, 0.25) is 0 Å². The molecule has 0 radical (unpaired) electrons. The molecule has 0 spiro atoms. The van der Waals surface area contributed by atoms with Crippen LogP contribution in [-0.2, 0) is 16.0 Å². The van der Waals surface area contributed by atoms with E-state index >= 15 is 0 Å². The number of hydrogen-bond acceptors (Lipinski definition) is 2. The summed E-state index contributed by atoms with van der Waals surface area (Å²) < 4.78 is 19.0. The number of rotatable bonds is 5. The summed E-state index contributed by atoms with van der Waals surface area (Å²) in [6, 6.07) is 6.92. The molecule has 2 nitrogen and oxygen atoms in total. The van der Waals surface area contributed by atoms with Gasteiger partial charge < -0.3 is 4.74 Å². The highest BCUT2D eigenvalue weighted by atomic mass is 19.1. The molecule has 0 unspecified atom stereocenters. The first-order chi connectivity index (χ1) is 12.1. The van der Waals surface area contributed by atoms with E-state index in [1.165, 1.54) is 6.07 Å². The predicted octanol–water partition coefficient (Wildman–Crippen LogP) is 5.69. The van der Waals surface area contributed by atoms with Gasteiger partial charge in [-0.1, -0.05) is 19.1 Å². The number of benzene rings is 1. The molecular weight excluding hydrogens is 315 g/mol. The first-order valence-corrected chi connectivity index (χ1v) is 10.0. The third-order valence-electron chi connectivity index (χ3n) is 6.16. The highest BCUT2D eigenvalue weighted by Gasteiger charge is 2.29. The smallest absolute Gasteiger partial charge is 0.309 e. The van der Waals surface area contributed by atoms with Crippen molar-refractivity contribution >= 4 is 5.97 Å². The van der Waals surface area contributed by atoms with Gasteiger partial charge in [0.05, 0.1) is 5.92 Å². The SMILES string of the molecule is CC1CCC(C(=O)OC2CCC(CCc3cccc(F)c3)CC2)CC1. The Bertz CT molecular complexity index is 555. The van der Waals surface area contributed by atoms with Crippen molar-refractivity contribution in [1.29, 1.82) is 0 Å². The zero-order valence-corrected chi connectivity index (χ0v) is 15.4. The van der Waals surface area contributed by atoms with Gasteiger partial charge in [0.25, 0.3) is 0 Å². The average Bonchev–Trinajstić information content (AvgIpc) is 2.62. The summed E-state index contributed by atoms with van der Waals surface area (Å²) in [6.45, 7) is 2.27. The monoisotopic (exact) mass is 346 g/mol. The molecule has 2 aliphatic rings. The molecule has 0 atom stereocenters. The molecule has 0 aromatic heterocycles. The fraction of sp³-hybridized carbons (Fsp3) is 0.682. The van der Waals surface area contributed by atoms with Crippen LogP contribution in [0.5, 0.6) is 0 Å². The first kappa shape index (κ1) is 18.4. The van der Waals surface area contributed by atoms with Gasteiger partial charge >= 0.3 is 5.97 Å². The van der Waals surface area contributed by atoms with Crippen molar-refractivity contribution in [3.05, 3.63) is 35.6 Å². The molecule has 3 rings (SSSR count). The van der Waals surface area contributed by atoms with Crippen molar-refractivity contribution in [3.63, 3.8) is 0 Å². The summed E-state index contributed by atoms with van der Waals surface area (Å²) in [5.74, 6) is 1.48. The molecule has 0 amide bonds. The van der Waals surface area contributed by atoms with Gasteiger partial charge in [-0.15, -0.1) is 0 Å². The largest absolute Gasteiger partial charge is 0.462 e. The van der Waals surface area contributed by atoms with E-state index in [-0.39, 0.29) is 23.8 Å². The van der Waals surface area contributed by atoms with Gasteiger partial charge in [0.2, 0.25) is 0 Å². The number of halogens is 1. The topological polar surface area (TPSA) is 26.3 Å². The molecule has 0 heterocycles. The van der Waals surface area contributed by atoms with E-state index in [2.05, 4.69) is 6.92 Å². The maximum absolute atomic E-state index is 13.2. The number of carbonyl (C=O) groups excluding carboxylic acids is 1. The van der Waals surface area contributed by atoms with Crippen molar-refractivity contribution in [2.75, 3.05) is 0 Å². The second-order valence-corrected chi connectivity index (χ2v) is 8.21. The minimum atomic E-state index is -0.148. The standard InChI is InChI=1S/C22H31FO2/c1-16-5-11-19(12-6-16)22(24)25-21-13-9-17(10-14-21)7-8-18-3-2-4-20(23)15-18/h2-4,15-17,19,21H,5-14H2,1H3. The van der Waals surface area contributed by atoms with E-state index in [9.17, 15) is 9.18 Å². The van der Waals surface area contributed by atoms with Gasteiger partial charge in [-0.05, 0) is 93.7 Å². The maximum Gasteiger partial charge on any atom is 0.309 e. The third-order valence-corrected chi connectivity index (χ3v) is 6.16. The maximum atomic E-state index is 13.2. The fourth-order valence-corrected chi connectivity index (χ4v) is 4.36. The zero-order chi connectivity index (χ0) is 17.6. The Balaban J connectivity index is 1.36. The average molecular weight is 346 g/mol. The molecule has 25 heavy (non-hydrogen) atoms. The molecule has 0 bridgehead atoms. The molecule has 1 aromatic rings.